The lowest BCUT2D eigenvalue weighted by atomic mass is 10.0. The van der Waals surface area contributed by atoms with E-state index in [0.29, 0.717) is 0 Å². The van der Waals surface area contributed by atoms with E-state index in [4.69, 9.17) is 18.9 Å². The summed E-state index contributed by atoms with van der Waals surface area (Å²) in [6, 6.07) is 0. The standard InChI is InChI=1S/C15H28O10/c1-7(2)22-5-10-12(20)13(21)15(6-17,24-10)25-14-11(19)9(18)3-8(4-16)23-14/h7-14,16-21H,3-6H2,1-2H3/t8?,9?,10-,11?,12?,13?,14-,15+/m1/s1. The van der Waals surface area contributed by atoms with Crippen molar-refractivity contribution in [2.75, 3.05) is 19.8 Å². The minimum atomic E-state index is -2.06. The highest BCUT2D eigenvalue weighted by molar-refractivity contribution is 4.98. The zero-order valence-electron chi connectivity index (χ0n) is 14.3. The van der Waals surface area contributed by atoms with Gasteiger partial charge in [-0.05, 0) is 13.8 Å². The van der Waals surface area contributed by atoms with E-state index in [2.05, 4.69) is 0 Å². The highest BCUT2D eigenvalue weighted by atomic mass is 16.8. The first-order chi connectivity index (χ1) is 11.7. The van der Waals surface area contributed by atoms with E-state index >= 15 is 0 Å². The molecule has 0 amide bonds. The fraction of sp³-hybridized carbons (Fsp3) is 1.00. The number of rotatable bonds is 7. The van der Waals surface area contributed by atoms with Crippen molar-refractivity contribution < 1.29 is 49.6 Å². The molecule has 10 heteroatoms. The van der Waals surface area contributed by atoms with Gasteiger partial charge in [0.2, 0.25) is 5.79 Å². The van der Waals surface area contributed by atoms with Crippen LogP contribution in [0.15, 0.2) is 0 Å². The first kappa shape index (κ1) is 20.9. The predicted molar refractivity (Wildman–Crippen MR) is 81.3 cm³/mol. The maximum Gasteiger partial charge on any atom is 0.224 e. The van der Waals surface area contributed by atoms with Crippen LogP contribution in [0.5, 0.6) is 0 Å². The van der Waals surface area contributed by atoms with Gasteiger partial charge in [-0.3, -0.25) is 0 Å². The second-order valence-corrected chi connectivity index (χ2v) is 6.66. The van der Waals surface area contributed by atoms with Gasteiger partial charge in [0, 0.05) is 6.42 Å². The second kappa shape index (κ2) is 8.53. The monoisotopic (exact) mass is 368 g/mol. The van der Waals surface area contributed by atoms with Crippen molar-refractivity contribution in [1.29, 1.82) is 0 Å². The number of hydrogen-bond acceptors (Lipinski definition) is 10. The molecule has 0 aromatic heterocycles. The highest BCUT2D eigenvalue weighted by Gasteiger charge is 2.57. The molecule has 6 N–H and O–H groups in total. The molecular formula is C15H28O10. The third-order valence-corrected chi connectivity index (χ3v) is 4.34. The Morgan fingerprint density at radius 3 is 2.36 bits per heavy atom. The third kappa shape index (κ3) is 4.48. The van der Waals surface area contributed by atoms with Gasteiger partial charge in [0.05, 0.1) is 31.5 Å². The Morgan fingerprint density at radius 2 is 1.80 bits per heavy atom. The lowest BCUT2D eigenvalue weighted by Gasteiger charge is -2.41. The van der Waals surface area contributed by atoms with Gasteiger partial charge in [0.15, 0.2) is 6.29 Å². The first-order valence-electron chi connectivity index (χ1n) is 8.30. The summed E-state index contributed by atoms with van der Waals surface area (Å²) in [6.45, 7) is 2.28. The van der Waals surface area contributed by atoms with Gasteiger partial charge in [-0.1, -0.05) is 0 Å². The van der Waals surface area contributed by atoms with Crippen LogP contribution in [0.1, 0.15) is 20.3 Å². The van der Waals surface area contributed by atoms with Crippen LogP contribution in [-0.4, -0.2) is 105 Å². The maximum absolute atomic E-state index is 10.3. The summed E-state index contributed by atoms with van der Waals surface area (Å²) in [5.41, 5.74) is 0. The minimum Gasteiger partial charge on any atom is -0.394 e. The summed E-state index contributed by atoms with van der Waals surface area (Å²) in [7, 11) is 0. The molecule has 0 bridgehead atoms. The Hall–Kier alpha value is -0.400. The van der Waals surface area contributed by atoms with Crippen LogP contribution >= 0.6 is 0 Å². The Labute approximate surface area is 145 Å². The van der Waals surface area contributed by atoms with Crippen LogP contribution in [0.2, 0.25) is 0 Å². The zero-order chi connectivity index (χ0) is 18.8. The number of hydrogen-bond donors (Lipinski definition) is 6. The summed E-state index contributed by atoms with van der Waals surface area (Å²) in [5, 5.41) is 59.2. The third-order valence-electron chi connectivity index (χ3n) is 4.34. The fourth-order valence-corrected chi connectivity index (χ4v) is 2.87. The van der Waals surface area contributed by atoms with Crippen molar-refractivity contribution >= 4 is 0 Å². The van der Waals surface area contributed by atoms with Gasteiger partial charge in [0.25, 0.3) is 0 Å². The highest BCUT2D eigenvalue weighted by Crippen LogP contribution is 2.36. The van der Waals surface area contributed by atoms with E-state index in [-0.39, 0.29) is 19.1 Å². The molecule has 0 aliphatic carbocycles. The lowest BCUT2D eigenvalue weighted by molar-refractivity contribution is -0.373. The van der Waals surface area contributed by atoms with Gasteiger partial charge >= 0.3 is 0 Å². The van der Waals surface area contributed by atoms with E-state index < -0.39 is 61.9 Å². The Kier molecular flexibility index (Phi) is 7.13. The van der Waals surface area contributed by atoms with Crippen LogP contribution < -0.4 is 0 Å². The van der Waals surface area contributed by atoms with Crippen molar-refractivity contribution in [2.24, 2.45) is 0 Å². The van der Waals surface area contributed by atoms with E-state index in [1.54, 1.807) is 13.8 Å². The van der Waals surface area contributed by atoms with Crippen LogP contribution in [0.3, 0.4) is 0 Å². The van der Waals surface area contributed by atoms with Gasteiger partial charge in [-0.25, -0.2) is 0 Å². The summed E-state index contributed by atoms with van der Waals surface area (Å²) >= 11 is 0. The molecule has 0 radical (unpaired) electrons. The molecule has 0 spiro atoms. The molecule has 5 unspecified atom stereocenters. The first-order valence-corrected chi connectivity index (χ1v) is 8.30. The molecule has 2 aliphatic heterocycles. The Morgan fingerprint density at radius 1 is 1.12 bits per heavy atom. The molecule has 2 saturated heterocycles. The fourth-order valence-electron chi connectivity index (χ4n) is 2.87. The molecule has 0 aromatic rings. The summed E-state index contributed by atoms with van der Waals surface area (Å²) < 4.78 is 21.6. The molecule has 2 aliphatic rings. The molecule has 25 heavy (non-hydrogen) atoms. The van der Waals surface area contributed by atoms with E-state index in [9.17, 15) is 30.6 Å². The largest absolute Gasteiger partial charge is 0.394 e. The number of aliphatic hydroxyl groups is 6. The summed E-state index contributed by atoms with van der Waals surface area (Å²) in [4.78, 5) is 0. The molecule has 2 heterocycles. The van der Waals surface area contributed by atoms with Crippen LogP contribution in [0, 0.1) is 0 Å². The van der Waals surface area contributed by atoms with Crippen LogP contribution in [0.25, 0.3) is 0 Å². The molecule has 0 aromatic carbocycles. The van der Waals surface area contributed by atoms with Gasteiger partial charge in [0.1, 0.15) is 31.0 Å². The quantitative estimate of drug-likeness (QED) is 0.275. The van der Waals surface area contributed by atoms with Gasteiger partial charge < -0.3 is 49.6 Å². The lowest BCUT2D eigenvalue weighted by Crippen LogP contribution is -2.58. The minimum absolute atomic E-state index is 0.000537. The summed E-state index contributed by atoms with van der Waals surface area (Å²) in [5.74, 6) is -2.06. The molecule has 148 valence electrons. The molecule has 2 fully saturated rings. The Bertz CT molecular complexity index is 421. The normalized spacial score (nSPS) is 45.2. The molecule has 0 saturated carbocycles. The molecule has 8 atom stereocenters. The van der Waals surface area contributed by atoms with Gasteiger partial charge in [-0.15, -0.1) is 0 Å². The SMILES string of the molecule is CC(C)OC[C@H]1O[C@@](CO)(O[C@H]2OC(CO)CC(O)C2O)C(O)C1O. The van der Waals surface area contributed by atoms with E-state index in [1.807, 2.05) is 0 Å². The van der Waals surface area contributed by atoms with Crippen molar-refractivity contribution in [3.8, 4) is 0 Å². The number of aliphatic hydroxyl groups excluding tert-OH is 6. The summed E-state index contributed by atoms with van der Waals surface area (Å²) in [6.07, 6.45) is -9.11. The van der Waals surface area contributed by atoms with Crippen molar-refractivity contribution in [2.45, 2.75) is 75.1 Å². The van der Waals surface area contributed by atoms with Crippen molar-refractivity contribution in [3.05, 3.63) is 0 Å². The zero-order valence-corrected chi connectivity index (χ0v) is 14.3. The van der Waals surface area contributed by atoms with Crippen LogP contribution in [0.4, 0.5) is 0 Å². The smallest absolute Gasteiger partial charge is 0.224 e. The molecular weight excluding hydrogens is 340 g/mol. The Balaban J connectivity index is 2.11. The average Bonchev–Trinajstić information content (AvgIpc) is 2.82. The maximum atomic E-state index is 10.3. The molecule has 2 rings (SSSR count). The van der Waals surface area contributed by atoms with Gasteiger partial charge in [-0.2, -0.15) is 0 Å². The topological polar surface area (TPSA) is 158 Å². The van der Waals surface area contributed by atoms with Crippen molar-refractivity contribution in [1.82, 2.24) is 0 Å². The second-order valence-electron chi connectivity index (χ2n) is 6.66. The predicted octanol–water partition coefficient (Wildman–Crippen LogP) is -2.93. The van der Waals surface area contributed by atoms with E-state index in [1.165, 1.54) is 0 Å². The number of ether oxygens (including phenoxy) is 4. The van der Waals surface area contributed by atoms with Crippen molar-refractivity contribution in [3.63, 3.8) is 0 Å². The molecule has 10 nitrogen and oxygen atoms in total. The van der Waals surface area contributed by atoms with Crippen LogP contribution in [-0.2, 0) is 18.9 Å². The average molecular weight is 368 g/mol. The van der Waals surface area contributed by atoms with E-state index in [0.717, 1.165) is 0 Å².